The number of benzene rings is 3. The molecule has 3 aromatic carbocycles. The molecule has 0 atom stereocenters. The number of carbonyl (C=O) groups is 1. The molecular weight excluding hydrogens is 310 g/mol. The van der Waals surface area contributed by atoms with Gasteiger partial charge in [0.05, 0.1) is 23.9 Å². The Kier molecular flexibility index (Phi) is 5.08. The highest BCUT2D eigenvalue weighted by atomic mass is 16.2. The quantitative estimate of drug-likeness (QED) is 0.723. The van der Waals surface area contributed by atoms with Gasteiger partial charge in [-0.3, -0.25) is 15.2 Å². The minimum atomic E-state index is -0.253. The zero-order chi connectivity index (χ0) is 17.5. The lowest BCUT2D eigenvalue weighted by molar-refractivity contribution is 0.0948. The summed E-state index contributed by atoms with van der Waals surface area (Å²) in [4.78, 5) is 12.6. The number of hydrazine groups is 1. The zero-order valence-corrected chi connectivity index (χ0v) is 13.6. The van der Waals surface area contributed by atoms with E-state index in [1.807, 2.05) is 60.7 Å². The first kappa shape index (κ1) is 16.3. The summed E-state index contributed by atoms with van der Waals surface area (Å²) in [6.45, 7) is 0.536. The maximum absolute atomic E-state index is 12.6. The summed E-state index contributed by atoms with van der Waals surface area (Å²) in [6, 6.07) is 28.3. The van der Waals surface area contributed by atoms with Crippen LogP contribution in [0, 0.1) is 11.3 Å². The van der Waals surface area contributed by atoms with E-state index in [1.54, 1.807) is 29.3 Å². The van der Waals surface area contributed by atoms with Crippen molar-refractivity contribution < 1.29 is 4.79 Å². The molecule has 0 spiro atoms. The fourth-order valence-corrected chi connectivity index (χ4v) is 2.49. The van der Waals surface area contributed by atoms with Gasteiger partial charge in [0.15, 0.2) is 0 Å². The first-order chi connectivity index (χ1) is 12.3. The van der Waals surface area contributed by atoms with Gasteiger partial charge in [-0.05, 0) is 35.9 Å². The van der Waals surface area contributed by atoms with E-state index in [1.165, 1.54) is 0 Å². The molecule has 122 valence electrons. The molecule has 0 saturated heterocycles. The molecule has 0 bridgehead atoms. The summed E-state index contributed by atoms with van der Waals surface area (Å²) < 4.78 is 0. The topological polar surface area (TPSA) is 56.1 Å². The predicted molar refractivity (Wildman–Crippen MR) is 97.7 cm³/mol. The molecule has 0 aliphatic carbocycles. The maximum Gasteiger partial charge on any atom is 0.269 e. The second-order valence-electron chi connectivity index (χ2n) is 5.54. The van der Waals surface area contributed by atoms with Crippen molar-refractivity contribution >= 4 is 11.6 Å². The smallest absolute Gasteiger partial charge is 0.269 e. The fourth-order valence-electron chi connectivity index (χ4n) is 2.49. The monoisotopic (exact) mass is 327 g/mol. The van der Waals surface area contributed by atoms with Gasteiger partial charge in [-0.15, -0.1) is 0 Å². The molecule has 0 saturated carbocycles. The normalized spacial score (nSPS) is 9.88. The standard InChI is InChI=1S/C21H17N3O/c22-15-18-10-7-11-19(14-18)21(25)23-24(20-12-5-2-6-13-20)16-17-8-3-1-4-9-17/h1-14H,16H2,(H,23,25). The zero-order valence-electron chi connectivity index (χ0n) is 13.6. The molecule has 4 heteroatoms. The van der Waals surface area contributed by atoms with Crippen molar-refractivity contribution in [3.63, 3.8) is 0 Å². The lowest BCUT2D eigenvalue weighted by Crippen LogP contribution is -2.42. The number of carbonyl (C=O) groups excluding carboxylic acids is 1. The number of hydrogen-bond acceptors (Lipinski definition) is 3. The number of rotatable bonds is 5. The van der Waals surface area contributed by atoms with E-state index in [4.69, 9.17) is 5.26 Å². The molecule has 0 aromatic heterocycles. The van der Waals surface area contributed by atoms with Gasteiger partial charge in [-0.2, -0.15) is 5.26 Å². The van der Waals surface area contributed by atoms with Crippen LogP contribution in [0.1, 0.15) is 21.5 Å². The van der Waals surface area contributed by atoms with Gasteiger partial charge in [-0.25, -0.2) is 0 Å². The molecule has 0 fully saturated rings. The molecule has 25 heavy (non-hydrogen) atoms. The highest BCUT2D eigenvalue weighted by molar-refractivity contribution is 5.95. The van der Waals surface area contributed by atoms with Crippen molar-refractivity contribution in [3.8, 4) is 6.07 Å². The van der Waals surface area contributed by atoms with Crippen molar-refractivity contribution in [2.75, 3.05) is 5.01 Å². The minimum absolute atomic E-state index is 0.253. The molecule has 0 radical (unpaired) electrons. The van der Waals surface area contributed by atoms with Crippen LogP contribution < -0.4 is 10.4 Å². The Bertz CT molecular complexity index is 886. The van der Waals surface area contributed by atoms with Gasteiger partial charge < -0.3 is 0 Å². The fraction of sp³-hybridized carbons (Fsp3) is 0.0476. The Morgan fingerprint density at radius 1 is 0.920 bits per heavy atom. The van der Waals surface area contributed by atoms with Crippen molar-refractivity contribution in [1.82, 2.24) is 5.43 Å². The predicted octanol–water partition coefficient (Wildman–Crippen LogP) is 3.91. The largest absolute Gasteiger partial charge is 0.281 e. The second kappa shape index (κ2) is 7.80. The summed E-state index contributed by atoms with van der Waals surface area (Å²) in [6.07, 6.45) is 0. The number of nitrogens with one attached hydrogen (secondary N) is 1. The summed E-state index contributed by atoms with van der Waals surface area (Å²) in [7, 11) is 0. The van der Waals surface area contributed by atoms with Crippen LogP contribution in [0.3, 0.4) is 0 Å². The molecule has 0 aliphatic heterocycles. The second-order valence-corrected chi connectivity index (χ2v) is 5.54. The molecule has 1 N–H and O–H groups in total. The van der Waals surface area contributed by atoms with Gasteiger partial charge >= 0.3 is 0 Å². The third-order valence-corrected chi connectivity index (χ3v) is 3.74. The van der Waals surface area contributed by atoms with E-state index >= 15 is 0 Å². The lowest BCUT2D eigenvalue weighted by Gasteiger charge is -2.25. The maximum atomic E-state index is 12.6. The van der Waals surface area contributed by atoms with E-state index in [-0.39, 0.29) is 5.91 Å². The van der Waals surface area contributed by atoms with Crippen molar-refractivity contribution in [2.45, 2.75) is 6.54 Å². The molecule has 0 unspecified atom stereocenters. The van der Waals surface area contributed by atoms with E-state index in [2.05, 4.69) is 11.5 Å². The van der Waals surface area contributed by atoms with E-state index in [9.17, 15) is 4.79 Å². The van der Waals surface area contributed by atoms with Gasteiger partial charge in [0.2, 0.25) is 0 Å². The third kappa shape index (κ3) is 4.24. The van der Waals surface area contributed by atoms with Crippen LogP contribution in [0.25, 0.3) is 0 Å². The van der Waals surface area contributed by atoms with E-state index in [0.717, 1.165) is 11.3 Å². The van der Waals surface area contributed by atoms with Crippen molar-refractivity contribution in [2.24, 2.45) is 0 Å². The number of hydrogen-bond donors (Lipinski definition) is 1. The van der Waals surface area contributed by atoms with Gasteiger partial charge in [0.25, 0.3) is 5.91 Å². The Morgan fingerprint density at radius 2 is 1.60 bits per heavy atom. The molecule has 1 amide bonds. The first-order valence-corrected chi connectivity index (χ1v) is 7.94. The van der Waals surface area contributed by atoms with Crippen LogP contribution in [-0.4, -0.2) is 5.91 Å². The SMILES string of the molecule is N#Cc1cccc(C(=O)NN(Cc2ccccc2)c2ccccc2)c1. The minimum Gasteiger partial charge on any atom is -0.281 e. The lowest BCUT2D eigenvalue weighted by atomic mass is 10.1. The first-order valence-electron chi connectivity index (χ1n) is 7.94. The van der Waals surface area contributed by atoms with E-state index < -0.39 is 0 Å². The summed E-state index contributed by atoms with van der Waals surface area (Å²) in [5, 5.41) is 10.8. The number of nitriles is 1. The molecule has 0 aliphatic rings. The average molecular weight is 327 g/mol. The number of anilines is 1. The van der Waals surface area contributed by atoms with Gasteiger partial charge in [0.1, 0.15) is 0 Å². The average Bonchev–Trinajstić information content (AvgIpc) is 2.69. The van der Waals surface area contributed by atoms with E-state index in [0.29, 0.717) is 17.7 Å². The molecule has 0 heterocycles. The molecule has 3 rings (SSSR count). The van der Waals surface area contributed by atoms with Crippen LogP contribution in [0.5, 0.6) is 0 Å². The Hall–Kier alpha value is -3.58. The van der Waals surface area contributed by atoms with Gasteiger partial charge in [-0.1, -0.05) is 54.6 Å². The van der Waals surface area contributed by atoms with Gasteiger partial charge in [0, 0.05) is 5.56 Å². The van der Waals surface area contributed by atoms with Crippen LogP contribution in [0.2, 0.25) is 0 Å². The highest BCUT2D eigenvalue weighted by Crippen LogP contribution is 2.15. The molecule has 3 aromatic rings. The molecule has 4 nitrogen and oxygen atoms in total. The van der Waals surface area contributed by atoms with Crippen LogP contribution in [-0.2, 0) is 6.54 Å². The highest BCUT2D eigenvalue weighted by Gasteiger charge is 2.13. The van der Waals surface area contributed by atoms with Crippen LogP contribution in [0.4, 0.5) is 5.69 Å². The third-order valence-electron chi connectivity index (χ3n) is 3.74. The number of nitrogens with zero attached hydrogens (tertiary/aromatic N) is 2. The number of amides is 1. The van der Waals surface area contributed by atoms with Crippen molar-refractivity contribution in [1.29, 1.82) is 5.26 Å². The van der Waals surface area contributed by atoms with Crippen LogP contribution in [0.15, 0.2) is 84.9 Å². The summed E-state index contributed by atoms with van der Waals surface area (Å²) >= 11 is 0. The number of para-hydroxylation sites is 1. The Labute approximate surface area is 146 Å². The Balaban J connectivity index is 1.84. The van der Waals surface area contributed by atoms with Crippen molar-refractivity contribution in [3.05, 3.63) is 102 Å². The Morgan fingerprint density at radius 3 is 2.28 bits per heavy atom. The van der Waals surface area contributed by atoms with Crippen LogP contribution >= 0.6 is 0 Å². The molecular formula is C21H17N3O. The summed E-state index contributed by atoms with van der Waals surface area (Å²) in [5.41, 5.74) is 5.81. The summed E-state index contributed by atoms with van der Waals surface area (Å²) in [5.74, 6) is -0.253.